The standard InChI is InChI=1S/C15H22N4O5S.ClH/c1-12(16)6-7-15(20)17-8-10-18(11-9-17)25(23,24)14-5-3-2-4-13(14)19(21)22;/h2-5,12H,6-11,16H2,1H3;1H. The van der Waals surface area contributed by atoms with Crippen LogP contribution in [-0.4, -0.2) is 60.7 Å². The molecule has 1 saturated heterocycles. The Morgan fingerprint density at radius 3 is 2.38 bits per heavy atom. The van der Waals surface area contributed by atoms with Crippen LogP contribution in [0, 0.1) is 10.1 Å². The summed E-state index contributed by atoms with van der Waals surface area (Å²) in [5.74, 6) is -0.0555. The van der Waals surface area contributed by atoms with Crippen LogP contribution in [0.3, 0.4) is 0 Å². The molecule has 146 valence electrons. The van der Waals surface area contributed by atoms with Gasteiger partial charge in [0.25, 0.3) is 5.69 Å². The van der Waals surface area contributed by atoms with E-state index in [1.54, 1.807) is 4.90 Å². The molecule has 1 aliphatic heterocycles. The third kappa shape index (κ3) is 5.13. The Labute approximate surface area is 158 Å². The summed E-state index contributed by atoms with van der Waals surface area (Å²) in [4.78, 5) is 23.7. The molecule has 0 spiro atoms. The van der Waals surface area contributed by atoms with Gasteiger partial charge in [0.15, 0.2) is 4.90 Å². The quantitative estimate of drug-likeness (QED) is 0.554. The second-order valence-electron chi connectivity index (χ2n) is 6.03. The van der Waals surface area contributed by atoms with Crippen LogP contribution >= 0.6 is 12.4 Å². The topological polar surface area (TPSA) is 127 Å². The summed E-state index contributed by atoms with van der Waals surface area (Å²) < 4.78 is 26.6. The molecule has 1 heterocycles. The normalized spacial score (nSPS) is 16.6. The number of amides is 1. The fraction of sp³-hybridized carbons (Fsp3) is 0.533. The lowest BCUT2D eigenvalue weighted by Gasteiger charge is -2.34. The third-order valence-electron chi connectivity index (χ3n) is 4.08. The van der Waals surface area contributed by atoms with Crippen molar-refractivity contribution in [3.8, 4) is 0 Å². The number of nitrogens with two attached hydrogens (primary N) is 1. The van der Waals surface area contributed by atoms with E-state index in [1.165, 1.54) is 28.6 Å². The fourth-order valence-electron chi connectivity index (χ4n) is 2.65. The molecule has 1 aromatic carbocycles. The Hall–Kier alpha value is -1.75. The number of carbonyl (C=O) groups excluding carboxylic acids is 1. The second kappa shape index (κ2) is 9.26. The molecule has 0 aromatic heterocycles. The number of nitro groups is 1. The van der Waals surface area contributed by atoms with Crippen LogP contribution in [0.2, 0.25) is 0 Å². The Morgan fingerprint density at radius 1 is 1.27 bits per heavy atom. The smallest absolute Gasteiger partial charge is 0.289 e. The number of piperazine rings is 1. The van der Waals surface area contributed by atoms with Crippen LogP contribution in [0.4, 0.5) is 5.69 Å². The van der Waals surface area contributed by atoms with Gasteiger partial charge in [0.05, 0.1) is 4.92 Å². The van der Waals surface area contributed by atoms with Gasteiger partial charge in [0.2, 0.25) is 15.9 Å². The molecule has 0 bridgehead atoms. The molecule has 2 rings (SSSR count). The maximum Gasteiger partial charge on any atom is 0.289 e. The van der Waals surface area contributed by atoms with E-state index in [1.807, 2.05) is 6.92 Å². The summed E-state index contributed by atoms with van der Waals surface area (Å²) in [6.07, 6.45) is 0.905. The highest BCUT2D eigenvalue weighted by Crippen LogP contribution is 2.26. The van der Waals surface area contributed by atoms with Crippen LogP contribution in [-0.2, 0) is 14.8 Å². The zero-order chi connectivity index (χ0) is 18.6. The van der Waals surface area contributed by atoms with Gasteiger partial charge in [0.1, 0.15) is 0 Å². The largest absolute Gasteiger partial charge is 0.340 e. The van der Waals surface area contributed by atoms with Gasteiger partial charge >= 0.3 is 0 Å². The second-order valence-corrected chi connectivity index (χ2v) is 7.93. The highest BCUT2D eigenvalue weighted by molar-refractivity contribution is 7.89. The Bertz CT molecular complexity index is 748. The van der Waals surface area contributed by atoms with Crippen molar-refractivity contribution in [2.45, 2.75) is 30.7 Å². The van der Waals surface area contributed by atoms with Crippen molar-refractivity contribution in [1.29, 1.82) is 0 Å². The number of halogens is 1. The summed E-state index contributed by atoms with van der Waals surface area (Å²) in [6.45, 7) is 2.57. The minimum atomic E-state index is -3.98. The van der Waals surface area contributed by atoms with E-state index in [-0.39, 0.29) is 55.4 Å². The summed E-state index contributed by atoms with van der Waals surface area (Å²) in [5.41, 5.74) is 5.19. The van der Waals surface area contributed by atoms with Crippen molar-refractivity contribution >= 4 is 34.0 Å². The van der Waals surface area contributed by atoms with Crippen molar-refractivity contribution in [2.24, 2.45) is 5.73 Å². The van der Waals surface area contributed by atoms with E-state index >= 15 is 0 Å². The summed E-state index contributed by atoms with van der Waals surface area (Å²) in [5, 5.41) is 11.1. The number of para-hydroxylation sites is 1. The summed E-state index contributed by atoms with van der Waals surface area (Å²) in [6, 6.07) is 5.21. The number of benzene rings is 1. The molecule has 1 unspecified atom stereocenters. The van der Waals surface area contributed by atoms with E-state index in [0.717, 1.165) is 0 Å². The zero-order valence-electron chi connectivity index (χ0n) is 14.4. The Morgan fingerprint density at radius 2 is 1.85 bits per heavy atom. The van der Waals surface area contributed by atoms with Crippen LogP contribution in [0.5, 0.6) is 0 Å². The molecule has 1 atom stereocenters. The average Bonchev–Trinajstić information content (AvgIpc) is 2.59. The van der Waals surface area contributed by atoms with Crippen molar-refractivity contribution < 1.29 is 18.1 Å². The van der Waals surface area contributed by atoms with E-state index in [2.05, 4.69) is 0 Å². The SMILES string of the molecule is CC(N)CCC(=O)N1CCN(S(=O)(=O)c2ccccc2[N+](=O)[O-])CC1.Cl. The van der Waals surface area contributed by atoms with Gasteiger partial charge in [-0.3, -0.25) is 14.9 Å². The molecule has 1 aliphatic rings. The number of nitro benzene ring substituents is 1. The maximum atomic E-state index is 12.7. The third-order valence-corrected chi connectivity index (χ3v) is 6.03. The van der Waals surface area contributed by atoms with Gasteiger partial charge in [-0.25, -0.2) is 8.42 Å². The Balaban J connectivity index is 0.00000338. The summed E-state index contributed by atoms with van der Waals surface area (Å²) in [7, 11) is -3.98. The van der Waals surface area contributed by atoms with Gasteiger partial charge in [0, 0.05) is 44.7 Å². The summed E-state index contributed by atoms with van der Waals surface area (Å²) >= 11 is 0. The van der Waals surface area contributed by atoms with Crippen LogP contribution in [0.15, 0.2) is 29.2 Å². The Kier molecular flexibility index (Phi) is 7.94. The molecule has 1 amide bonds. The van der Waals surface area contributed by atoms with Crippen molar-refractivity contribution in [2.75, 3.05) is 26.2 Å². The van der Waals surface area contributed by atoms with Crippen LogP contribution in [0.1, 0.15) is 19.8 Å². The van der Waals surface area contributed by atoms with Crippen molar-refractivity contribution in [1.82, 2.24) is 9.21 Å². The molecule has 26 heavy (non-hydrogen) atoms. The number of rotatable bonds is 6. The van der Waals surface area contributed by atoms with Gasteiger partial charge in [-0.2, -0.15) is 4.31 Å². The molecule has 0 radical (unpaired) electrons. The lowest BCUT2D eigenvalue weighted by molar-refractivity contribution is -0.387. The van der Waals surface area contributed by atoms with Crippen molar-refractivity contribution in [3.05, 3.63) is 34.4 Å². The molecular formula is C15H23ClN4O5S. The molecule has 0 saturated carbocycles. The molecule has 1 fully saturated rings. The number of carbonyl (C=O) groups is 1. The maximum absolute atomic E-state index is 12.7. The number of nitrogens with zero attached hydrogens (tertiary/aromatic N) is 3. The zero-order valence-corrected chi connectivity index (χ0v) is 16.0. The van der Waals surface area contributed by atoms with E-state index < -0.39 is 20.6 Å². The van der Waals surface area contributed by atoms with Gasteiger partial charge in [-0.1, -0.05) is 12.1 Å². The monoisotopic (exact) mass is 406 g/mol. The first-order valence-corrected chi connectivity index (χ1v) is 9.44. The highest BCUT2D eigenvalue weighted by Gasteiger charge is 2.34. The van der Waals surface area contributed by atoms with E-state index in [9.17, 15) is 23.3 Å². The molecule has 1 aromatic rings. The number of hydrogen-bond donors (Lipinski definition) is 1. The first-order valence-electron chi connectivity index (χ1n) is 8.00. The average molecular weight is 407 g/mol. The van der Waals surface area contributed by atoms with E-state index in [0.29, 0.717) is 12.8 Å². The van der Waals surface area contributed by atoms with Gasteiger partial charge < -0.3 is 10.6 Å². The first kappa shape index (κ1) is 22.3. The molecular weight excluding hydrogens is 384 g/mol. The predicted octanol–water partition coefficient (Wildman–Crippen LogP) is 0.977. The first-order chi connectivity index (χ1) is 11.7. The molecule has 2 N–H and O–H groups in total. The molecule has 0 aliphatic carbocycles. The minimum Gasteiger partial charge on any atom is -0.340 e. The lowest BCUT2D eigenvalue weighted by atomic mass is 10.2. The minimum absolute atomic E-state index is 0. The number of sulfonamides is 1. The van der Waals surface area contributed by atoms with Gasteiger partial charge in [-0.15, -0.1) is 12.4 Å². The highest BCUT2D eigenvalue weighted by atomic mass is 35.5. The molecule has 9 nitrogen and oxygen atoms in total. The lowest BCUT2D eigenvalue weighted by Crippen LogP contribution is -2.50. The van der Waals surface area contributed by atoms with E-state index in [4.69, 9.17) is 5.73 Å². The van der Waals surface area contributed by atoms with Gasteiger partial charge in [-0.05, 0) is 19.4 Å². The molecule has 11 heteroatoms. The van der Waals surface area contributed by atoms with Crippen molar-refractivity contribution in [3.63, 3.8) is 0 Å². The predicted molar refractivity (Wildman–Crippen MR) is 98.6 cm³/mol. The number of hydrogen-bond acceptors (Lipinski definition) is 6. The van der Waals surface area contributed by atoms with Crippen LogP contribution < -0.4 is 5.73 Å². The van der Waals surface area contributed by atoms with Crippen LogP contribution in [0.25, 0.3) is 0 Å². The fourth-order valence-corrected chi connectivity index (χ4v) is 4.23.